The van der Waals surface area contributed by atoms with Crippen LogP contribution in [0.1, 0.15) is 43.5 Å². The molecular weight excluding hydrogens is 298 g/mol. The van der Waals surface area contributed by atoms with Crippen LogP contribution in [0.2, 0.25) is 0 Å². The van der Waals surface area contributed by atoms with E-state index in [0.717, 1.165) is 27.6 Å². The Labute approximate surface area is 133 Å². The normalized spacial score (nSPS) is 11.9. The Morgan fingerprint density at radius 1 is 1.18 bits per heavy atom. The Morgan fingerprint density at radius 2 is 1.86 bits per heavy atom. The molecule has 5 heteroatoms. The van der Waals surface area contributed by atoms with Gasteiger partial charge in [-0.15, -0.1) is 0 Å². The van der Waals surface area contributed by atoms with Crippen molar-refractivity contribution >= 4 is 34.3 Å². The molecule has 3 aromatic rings. The Kier molecular flexibility index (Phi) is 3.48. The molecule has 2 heterocycles. The van der Waals surface area contributed by atoms with Gasteiger partial charge in [-0.1, -0.05) is 6.92 Å². The second-order valence-corrected chi connectivity index (χ2v) is 6.25. The van der Waals surface area contributed by atoms with Crippen LogP contribution in [-0.4, -0.2) is 4.57 Å². The summed E-state index contributed by atoms with van der Waals surface area (Å²) in [4.78, 5) is 12.6. The third-order valence-corrected chi connectivity index (χ3v) is 4.53. The van der Waals surface area contributed by atoms with Crippen LogP contribution in [0.3, 0.4) is 0 Å². The monoisotopic (exact) mass is 317 g/mol. The van der Waals surface area contributed by atoms with E-state index in [0.29, 0.717) is 22.4 Å². The first-order chi connectivity index (χ1) is 10.4. The smallest absolute Gasteiger partial charge is 0.339 e. The van der Waals surface area contributed by atoms with Gasteiger partial charge in [-0.3, -0.25) is 4.57 Å². The molecule has 0 bridgehead atoms. The SMILES string of the molecule is CCc1c(C)c2cc3c(oc(=S)n3C(C)C)c(C)c2oc1=O. The Bertz CT molecular complexity index is 1000. The van der Waals surface area contributed by atoms with Crippen molar-refractivity contribution in [3.63, 3.8) is 0 Å². The lowest BCUT2D eigenvalue weighted by atomic mass is 10.0. The van der Waals surface area contributed by atoms with Crippen LogP contribution in [0, 0.1) is 18.7 Å². The highest BCUT2D eigenvalue weighted by atomic mass is 32.1. The number of nitrogens with zero attached hydrogens (tertiary/aromatic N) is 1. The molecule has 0 N–H and O–H groups in total. The maximum absolute atomic E-state index is 12.1. The van der Waals surface area contributed by atoms with Gasteiger partial charge in [0.2, 0.25) is 0 Å². The molecule has 0 radical (unpaired) electrons. The number of aryl methyl sites for hydroxylation is 2. The summed E-state index contributed by atoms with van der Waals surface area (Å²) in [6.45, 7) is 9.98. The lowest BCUT2D eigenvalue weighted by molar-refractivity contribution is 0.504. The molecule has 3 rings (SSSR count). The van der Waals surface area contributed by atoms with E-state index in [-0.39, 0.29) is 11.7 Å². The van der Waals surface area contributed by atoms with Gasteiger partial charge >= 0.3 is 5.63 Å². The number of benzene rings is 1. The second kappa shape index (κ2) is 5.09. The number of fused-ring (bicyclic) bond motifs is 2. The van der Waals surface area contributed by atoms with Gasteiger partial charge in [0.05, 0.1) is 5.52 Å². The van der Waals surface area contributed by atoms with Crippen molar-refractivity contribution in [2.75, 3.05) is 0 Å². The second-order valence-electron chi connectivity index (χ2n) is 5.90. The lowest BCUT2D eigenvalue weighted by Crippen LogP contribution is -2.09. The van der Waals surface area contributed by atoms with Gasteiger partial charge in [0.1, 0.15) is 5.58 Å². The van der Waals surface area contributed by atoms with Gasteiger partial charge in [-0.25, -0.2) is 4.79 Å². The van der Waals surface area contributed by atoms with Crippen molar-refractivity contribution in [3.05, 3.63) is 38.0 Å². The summed E-state index contributed by atoms with van der Waals surface area (Å²) in [7, 11) is 0. The van der Waals surface area contributed by atoms with Crippen LogP contribution < -0.4 is 5.63 Å². The Morgan fingerprint density at radius 3 is 2.45 bits per heavy atom. The van der Waals surface area contributed by atoms with E-state index in [1.165, 1.54) is 0 Å². The van der Waals surface area contributed by atoms with Crippen LogP contribution >= 0.6 is 12.2 Å². The van der Waals surface area contributed by atoms with Crippen molar-refractivity contribution in [1.29, 1.82) is 0 Å². The zero-order valence-corrected chi connectivity index (χ0v) is 14.3. The molecule has 0 aliphatic carbocycles. The molecule has 22 heavy (non-hydrogen) atoms. The molecule has 0 unspecified atom stereocenters. The van der Waals surface area contributed by atoms with Crippen molar-refractivity contribution in [2.24, 2.45) is 0 Å². The molecule has 4 nitrogen and oxygen atoms in total. The standard InChI is InChI=1S/C17H19NO3S/c1-6-11-9(4)12-7-13-15(10(5)14(12)20-16(11)19)21-17(22)18(13)8(2)3/h7-8H,6H2,1-5H3. The van der Waals surface area contributed by atoms with Gasteiger partial charge in [-0.2, -0.15) is 0 Å². The first-order valence-corrected chi connectivity index (χ1v) is 7.88. The van der Waals surface area contributed by atoms with Crippen molar-refractivity contribution in [2.45, 2.75) is 47.1 Å². The summed E-state index contributed by atoms with van der Waals surface area (Å²) in [6.07, 6.45) is 0.656. The highest BCUT2D eigenvalue weighted by Gasteiger charge is 2.19. The minimum Gasteiger partial charge on any atom is -0.429 e. The third-order valence-electron chi connectivity index (χ3n) is 4.25. The van der Waals surface area contributed by atoms with Crippen molar-refractivity contribution < 1.29 is 8.83 Å². The van der Waals surface area contributed by atoms with E-state index in [2.05, 4.69) is 13.8 Å². The summed E-state index contributed by atoms with van der Waals surface area (Å²) >= 11 is 5.34. The van der Waals surface area contributed by atoms with E-state index < -0.39 is 0 Å². The molecule has 1 aromatic carbocycles. The minimum atomic E-state index is -0.267. The largest absolute Gasteiger partial charge is 0.429 e. The molecule has 116 valence electrons. The fraction of sp³-hybridized carbons (Fsp3) is 0.412. The molecule has 0 saturated carbocycles. The van der Waals surface area contributed by atoms with Gasteiger partial charge in [0.25, 0.3) is 4.84 Å². The predicted octanol–water partition coefficient (Wildman–Crippen LogP) is 4.83. The minimum absolute atomic E-state index is 0.201. The maximum atomic E-state index is 12.1. The van der Waals surface area contributed by atoms with Gasteiger partial charge in [0.15, 0.2) is 5.58 Å². The molecule has 0 spiro atoms. The van der Waals surface area contributed by atoms with E-state index in [4.69, 9.17) is 21.1 Å². The Hall–Kier alpha value is -1.88. The average Bonchev–Trinajstić information content (AvgIpc) is 2.78. The number of aromatic nitrogens is 1. The molecule has 2 aromatic heterocycles. The van der Waals surface area contributed by atoms with E-state index in [9.17, 15) is 4.79 Å². The van der Waals surface area contributed by atoms with Crippen LogP contribution in [0.25, 0.3) is 22.1 Å². The fourth-order valence-corrected chi connectivity index (χ4v) is 3.48. The average molecular weight is 317 g/mol. The maximum Gasteiger partial charge on any atom is 0.339 e. The predicted molar refractivity (Wildman–Crippen MR) is 90.3 cm³/mol. The number of hydrogen-bond acceptors (Lipinski definition) is 4. The highest BCUT2D eigenvalue weighted by molar-refractivity contribution is 7.71. The Balaban J connectivity index is 2.59. The molecule has 0 amide bonds. The quantitative estimate of drug-likeness (QED) is 0.502. The topological polar surface area (TPSA) is 48.3 Å². The van der Waals surface area contributed by atoms with Crippen molar-refractivity contribution in [1.82, 2.24) is 4.57 Å². The molecule has 0 aliphatic rings. The molecular formula is C17H19NO3S. The van der Waals surface area contributed by atoms with E-state index >= 15 is 0 Å². The van der Waals surface area contributed by atoms with Crippen LogP contribution in [0.4, 0.5) is 0 Å². The summed E-state index contributed by atoms with van der Waals surface area (Å²) in [6, 6.07) is 2.22. The summed E-state index contributed by atoms with van der Waals surface area (Å²) in [5.41, 5.74) is 4.48. The van der Waals surface area contributed by atoms with Gasteiger partial charge < -0.3 is 8.83 Å². The number of hydrogen-bond donors (Lipinski definition) is 0. The molecule has 0 fully saturated rings. The highest BCUT2D eigenvalue weighted by Crippen LogP contribution is 2.32. The zero-order valence-electron chi connectivity index (χ0n) is 13.4. The van der Waals surface area contributed by atoms with Crippen LogP contribution in [-0.2, 0) is 6.42 Å². The van der Waals surface area contributed by atoms with Crippen LogP contribution in [0.15, 0.2) is 19.7 Å². The lowest BCUT2D eigenvalue weighted by Gasteiger charge is -2.10. The van der Waals surface area contributed by atoms with Gasteiger partial charge in [0, 0.05) is 22.6 Å². The molecule has 0 saturated heterocycles. The molecule has 0 atom stereocenters. The number of rotatable bonds is 2. The molecule has 0 aliphatic heterocycles. The summed E-state index contributed by atoms with van der Waals surface area (Å²) in [5, 5.41) is 0.951. The van der Waals surface area contributed by atoms with Gasteiger partial charge in [-0.05, 0) is 58.0 Å². The van der Waals surface area contributed by atoms with E-state index in [1.807, 2.05) is 31.4 Å². The third kappa shape index (κ3) is 1.96. The van der Waals surface area contributed by atoms with Crippen molar-refractivity contribution in [3.8, 4) is 0 Å². The number of oxazole rings is 1. The zero-order chi connectivity index (χ0) is 16.2. The first-order valence-electron chi connectivity index (χ1n) is 7.47. The summed E-state index contributed by atoms with van der Waals surface area (Å²) < 4.78 is 13.3. The first kappa shape index (κ1) is 15.0. The van der Waals surface area contributed by atoms with E-state index in [1.54, 1.807) is 0 Å². The fourth-order valence-electron chi connectivity index (χ4n) is 3.09. The van der Waals surface area contributed by atoms with Crippen LogP contribution in [0.5, 0.6) is 0 Å². The summed E-state index contributed by atoms with van der Waals surface area (Å²) in [5.74, 6) is 0.